The van der Waals surface area contributed by atoms with Gasteiger partial charge in [-0.2, -0.15) is 0 Å². The monoisotopic (exact) mass is 143 g/mol. The highest BCUT2D eigenvalue weighted by Crippen LogP contribution is 1.96. The average molecular weight is 143 g/mol. The molecule has 0 aromatic carbocycles. The van der Waals surface area contributed by atoms with E-state index in [1.807, 2.05) is 0 Å². The fourth-order valence-corrected chi connectivity index (χ4v) is 1.13. The maximum atomic E-state index is 2.48. The molecule has 0 rings (SSSR count). The second-order valence-corrected chi connectivity index (χ2v) is 2.73. The molecule has 62 valence electrons. The lowest BCUT2D eigenvalue weighted by molar-refractivity contribution is 0.296. The summed E-state index contributed by atoms with van der Waals surface area (Å²) >= 11 is 0. The number of hydrogen-bond acceptors (Lipinski definition) is 1. The van der Waals surface area contributed by atoms with Gasteiger partial charge in [0, 0.05) is 0 Å². The van der Waals surface area contributed by atoms with Crippen LogP contribution in [0.4, 0.5) is 0 Å². The predicted octanol–water partition coefficient (Wildman–Crippen LogP) is 2.52. The summed E-state index contributed by atoms with van der Waals surface area (Å²) in [7, 11) is 0. The van der Waals surface area contributed by atoms with Crippen LogP contribution in [-0.2, 0) is 0 Å². The van der Waals surface area contributed by atoms with Crippen LogP contribution in [0, 0.1) is 0 Å². The minimum atomic E-state index is 1.21. The summed E-state index contributed by atoms with van der Waals surface area (Å²) in [5.74, 6) is 0. The molecule has 0 aliphatic heterocycles. The van der Waals surface area contributed by atoms with Crippen molar-refractivity contribution in [1.82, 2.24) is 4.90 Å². The molecule has 0 fully saturated rings. The van der Waals surface area contributed by atoms with Crippen molar-refractivity contribution in [1.29, 1.82) is 0 Å². The molecule has 0 aromatic heterocycles. The van der Waals surface area contributed by atoms with Gasteiger partial charge in [0.2, 0.25) is 0 Å². The van der Waals surface area contributed by atoms with Gasteiger partial charge in [-0.15, -0.1) is 0 Å². The van der Waals surface area contributed by atoms with Crippen molar-refractivity contribution in [2.45, 2.75) is 40.0 Å². The van der Waals surface area contributed by atoms with Crippen LogP contribution in [0.25, 0.3) is 0 Å². The predicted molar refractivity (Wildman–Crippen MR) is 47.3 cm³/mol. The van der Waals surface area contributed by atoms with E-state index >= 15 is 0 Å². The molecule has 0 saturated carbocycles. The first-order valence-electron chi connectivity index (χ1n) is 4.57. The summed E-state index contributed by atoms with van der Waals surface area (Å²) < 4.78 is 0. The normalized spacial score (nSPS) is 10.8. The molecule has 0 atom stereocenters. The Kier molecular flexibility index (Phi) is 7.04. The second kappa shape index (κ2) is 7.07. The summed E-state index contributed by atoms with van der Waals surface area (Å²) in [6, 6.07) is 0. The molecule has 0 aliphatic rings. The highest BCUT2D eigenvalue weighted by atomic mass is 15.1. The van der Waals surface area contributed by atoms with Crippen molar-refractivity contribution in [3.8, 4) is 0 Å². The van der Waals surface area contributed by atoms with Crippen LogP contribution in [0.2, 0.25) is 0 Å². The van der Waals surface area contributed by atoms with Gasteiger partial charge in [0.25, 0.3) is 0 Å². The van der Waals surface area contributed by atoms with Crippen LogP contribution in [0.5, 0.6) is 0 Å². The lowest BCUT2D eigenvalue weighted by Gasteiger charge is -2.16. The van der Waals surface area contributed by atoms with E-state index in [9.17, 15) is 0 Å². The molecule has 0 bridgehead atoms. The Morgan fingerprint density at radius 1 is 0.900 bits per heavy atom. The van der Waals surface area contributed by atoms with Gasteiger partial charge < -0.3 is 4.90 Å². The van der Waals surface area contributed by atoms with E-state index in [1.54, 1.807) is 0 Å². The molecule has 0 saturated heterocycles. The third kappa shape index (κ3) is 4.80. The Hall–Kier alpha value is -0.0400. The fourth-order valence-electron chi connectivity index (χ4n) is 1.13. The Morgan fingerprint density at radius 2 is 1.50 bits per heavy atom. The molecule has 0 N–H and O–H groups in total. The second-order valence-electron chi connectivity index (χ2n) is 2.73. The van der Waals surface area contributed by atoms with Crippen LogP contribution >= 0.6 is 0 Å². The van der Waals surface area contributed by atoms with E-state index in [0.29, 0.717) is 0 Å². The molecule has 0 aliphatic carbocycles. The van der Waals surface area contributed by atoms with Gasteiger partial charge >= 0.3 is 0 Å². The van der Waals surface area contributed by atoms with Crippen molar-refractivity contribution < 1.29 is 0 Å². The number of nitrogens with zero attached hydrogens (tertiary/aromatic N) is 1. The van der Waals surface area contributed by atoms with Crippen LogP contribution in [0.15, 0.2) is 0 Å². The van der Waals surface area contributed by atoms with E-state index in [0.717, 1.165) is 0 Å². The standard InChI is InChI=1S/C9H21N/c1-4-7-8-9-10(5-2)6-3/h4-9H2,1-3H3. The van der Waals surface area contributed by atoms with Crippen molar-refractivity contribution in [3.63, 3.8) is 0 Å². The maximum absolute atomic E-state index is 2.48. The minimum absolute atomic E-state index is 1.21. The van der Waals surface area contributed by atoms with Crippen molar-refractivity contribution in [3.05, 3.63) is 0 Å². The van der Waals surface area contributed by atoms with Gasteiger partial charge in [0.05, 0.1) is 0 Å². The quantitative estimate of drug-likeness (QED) is 0.516. The first kappa shape index (κ1) is 9.96. The average Bonchev–Trinajstić information content (AvgIpc) is 1.99. The Bertz CT molecular complexity index is 57.7. The van der Waals surface area contributed by atoms with E-state index in [1.165, 1.54) is 38.9 Å². The number of rotatable bonds is 6. The molecule has 10 heavy (non-hydrogen) atoms. The molecule has 1 nitrogen and oxygen atoms in total. The Morgan fingerprint density at radius 3 is 1.90 bits per heavy atom. The van der Waals surface area contributed by atoms with E-state index in [-0.39, 0.29) is 0 Å². The van der Waals surface area contributed by atoms with Crippen molar-refractivity contribution >= 4 is 0 Å². The van der Waals surface area contributed by atoms with Crippen molar-refractivity contribution in [2.24, 2.45) is 0 Å². The third-order valence-corrected chi connectivity index (χ3v) is 1.97. The summed E-state index contributed by atoms with van der Waals surface area (Å²) in [6.45, 7) is 10.4. The van der Waals surface area contributed by atoms with Gasteiger partial charge in [0.1, 0.15) is 0 Å². The molecule has 1 heteroatoms. The van der Waals surface area contributed by atoms with Gasteiger partial charge in [-0.1, -0.05) is 33.6 Å². The lowest BCUT2D eigenvalue weighted by atomic mass is 10.2. The van der Waals surface area contributed by atoms with Crippen LogP contribution in [0.1, 0.15) is 40.0 Å². The summed E-state index contributed by atoms with van der Waals surface area (Å²) in [4.78, 5) is 2.48. The molecule has 0 spiro atoms. The smallest absolute Gasteiger partial charge is 0.00190 e. The van der Waals surface area contributed by atoms with Crippen LogP contribution < -0.4 is 0 Å². The fraction of sp³-hybridized carbons (Fsp3) is 1.00. The maximum Gasteiger partial charge on any atom is -0.00190 e. The van der Waals surface area contributed by atoms with Gasteiger partial charge in [0.15, 0.2) is 0 Å². The Labute approximate surface area is 65.4 Å². The summed E-state index contributed by atoms with van der Waals surface area (Å²) in [5.41, 5.74) is 0. The van der Waals surface area contributed by atoms with E-state index in [2.05, 4.69) is 25.7 Å². The van der Waals surface area contributed by atoms with Crippen molar-refractivity contribution in [2.75, 3.05) is 19.6 Å². The van der Waals surface area contributed by atoms with Crippen LogP contribution in [-0.4, -0.2) is 24.5 Å². The number of unbranched alkanes of at least 4 members (excludes halogenated alkanes) is 2. The van der Waals surface area contributed by atoms with Gasteiger partial charge in [-0.25, -0.2) is 0 Å². The molecule has 0 amide bonds. The molecule has 0 aromatic rings. The third-order valence-electron chi connectivity index (χ3n) is 1.97. The number of hydrogen-bond donors (Lipinski definition) is 0. The molecular weight excluding hydrogens is 122 g/mol. The SMILES string of the molecule is CCCCCN(CC)CC. The minimum Gasteiger partial charge on any atom is -0.304 e. The molecular formula is C9H21N. The zero-order chi connectivity index (χ0) is 7.82. The highest BCUT2D eigenvalue weighted by molar-refractivity contribution is 4.51. The van der Waals surface area contributed by atoms with Gasteiger partial charge in [-0.3, -0.25) is 0 Å². The highest BCUT2D eigenvalue weighted by Gasteiger charge is 1.95. The first-order chi connectivity index (χ1) is 4.85. The topological polar surface area (TPSA) is 3.24 Å². The largest absolute Gasteiger partial charge is 0.304 e. The first-order valence-corrected chi connectivity index (χ1v) is 4.57. The van der Waals surface area contributed by atoms with E-state index < -0.39 is 0 Å². The zero-order valence-electron chi connectivity index (χ0n) is 7.69. The summed E-state index contributed by atoms with van der Waals surface area (Å²) in [5, 5.41) is 0. The summed E-state index contributed by atoms with van der Waals surface area (Å²) in [6.07, 6.45) is 4.09. The zero-order valence-corrected chi connectivity index (χ0v) is 7.69. The molecule has 0 heterocycles. The van der Waals surface area contributed by atoms with Gasteiger partial charge in [-0.05, 0) is 26.1 Å². The van der Waals surface area contributed by atoms with E-state index in [4.69, 9.17) is 0 Å². The Balaban J connectivity index is 3.09. The van der Waals surface area contributed by atoms with Crippen LogP contribution in [0.3, 0.4) is 0 Å². The molecule has 0 unspecified atom stereocenters. The molecule has 0 radical (unpaired) electrons. The lowest BCUT2D eigenvalue weighted by Crippen LogP contribution is -2.23.